The molecule has 0 amide bonds. The minimum absolute atomic E-state index is 0.326. The Balaban J connectivity index is 3.64. The number of rotatable bonds is 27. The number of carbonyl (C=O) groups is 2. The zero-order valence-electron chi connectivity index (χ0n) is 23.8. The number of carboxylic acids is 1. The van der Waals surface area contributed by atoms with Gasteiger partial charge in [0.1, 0.15) is 0 Å². The highest BCUT2D eigenvalue weighted by Crippen LogP contribution is 2.14. The summed E-state index contributed by atoms with van der Waals surface area (Å²) in [6.07, 6.45) is 33.4. The molecule has 0 aliphatic rings. The molecule has 4 heteroatoms. The van der Waals surface area contributed by atoms with Crippen molar-refractivity contribution < 1.29 is 19.4 Å². The largest absolute Gasteiger partial charge is 0.479 e. The molecule has 0 rings (SSSR count). The normalized spacial score (nSPS) is 12.5. The molecule has 0 aromatic carbocycles. The van der Waals surface area contributed by atoms with Crippen LogP contribution in [0, 0.1) is 0 Å². The van der Waals surface area contributed by atoms with E-state index in [-0.39, 0.29) is 5.97 Å². The fraction of sp³-hybridized carbons (Fsp3) is 0.812. The number of unbranched alkanes of at least 4 members (excludes halogenated alkanes) is 17. The number of allylic oxidation sites excluding steroid dienone is 4. The monoisotopic (exact) mass is 506 g/mol. The fourth-order valence-corrected chi connectivity index (χ4v) is 4.35. The number of carboxylic acid groups (broad SMARTS) is 1. The summed E-state index contributed by atoms with van der Waals surface area (Å²) in [4.78, 5) is 23.5. The molecule has 36 heavy (non-hydrogen) atoms. The van der Waals surface area contributed by atoms with Crippen LogP contribution >= 0.6 is 0 Å². The van der Waals surface area contributed by atoms with E-state index in [1.165, 1.54) is 83.5 Å². The Labute approximate surface area is 223 Å². The van der Waals surface area contributed by atoms with Gasteiger partial charge in [-0.3, -0.25) is 4.79 Å². The lowest BCUT2D eigenvalue weighted by molar-refractivity contribution is -0.164. The first kappa shape index (κ1) is 34.4. The van der Waals surface area contributed by atoms with Gasteiger partial charge in [0, 0.05) is 6.42 Å². The van der Waals surface area contributed by atoms with Gasteiger partial charge in [-0.25, -0.2) is 4.79 Å². The average Bonchev–Trinajstić information content (AvgIpc) is 2.86. The van der Waals surface area contributed by atoms with Crippen LogP contribution in [0.2, 0.25) is 0 Å². The van der Waals surface area contributed by atoms with Crippen molar-refractivity contribution in [2.45, 2.75) is 168 Å². The summed E-state index contributed by atoms with van der Waals surface area (Å²) in [5.74, 6) is -1.38. The molecule has 0 saturated heterocycles. The molecule has 0 bridgehead atoms. The van der Waals surface area contributed by atoms with Gasteiger partial charge in [-0.1, -0.05) is 128 Å². The Morgan fingerprint density at radius 2 is 1.06 bits per heavy atom. The van der Waals surface area contributed by atoms with Gasteiger partial charge in [-0.15, -0.1) is 0 Å². The third kappa shape index (κ3) is 25.5. The predicted molar refractivity (Wildman–Crippen MR) is 153 cm³/mol. The molecule has 0 saturated carbocycles. The summed E-state index contributed by atoms with van der Waals surface area (Å²) in [6.45, 7) is 4.47. The van der Waals surface area contributed by atoms with E-state index < -0.39 is 12.1 Å². The van der Waals surface area contributed by atoms with Crippen LogP contribution in [0.4, 0.5) is 0 Å². The highest BCUT2D eigenvalue weighted by atomic mass is 16.6. The zero-order valence-corrected chi connectivity index (χ0v) is 23.8. The van der Waals surface area contributed by atoms with E-state index in [0.29, 0.717) is 12.8 Å². The van der Waals surface area contributed by atoms with Crippen molar-refractivity contribution in [1.29, 1.82) is 0 Å². The van der Waals surface area contributed by atoms with Crippen molar-refractivity contribution in [2.75, 3.05) is 0 Å². The molecule has 0 spiro atoms. The summed E-state index contributed by atoms with van der Waals surface area (Å²) in [5.41, 5.74) is 0. The summed E-state index contributed by atoms with van der Waals surface area (Å²) in [6, 6.07) is 0. The maximum atomic E-state index is 12.1. The second kappa shape index (κ2) is 28.0. The molecular weight excluding hydrogens is 448 g/mol. The molecule has 0 radical (unpaired) electrons. The Morgan fingerprint density at radius 3 is 1.61 bits per heavy atom. The topological polar surface area (TPSA) is 63.6 Å². The number of aliphatic carboxylic acids is 1. The second-order valence-electron chi connectivity index (χ2n) is 10.3. The number of hydrogen-bond acceptors (Lipinski definition) is 3. The first-order valence-electron chi connectivity index (χ1n) is 15.3. The smallest absolute Gasteiger partial charge is 0.345 e. The maximum Gasteiger partial charge on any atom is 0.345 e. The number of ether oxygens (including phenoxy) is 1. The molecule has 0 fully saturated rings. The van der Waals surface area contributed by atoms with Crippen molar-refractivity contribution in [3.63, 3.8) is 0 Å². The van der Waals surface area contributed by atoms with Crippen LogP contribution < -0.4 is 0 Å². The fourth-order valence-electron chi connectivity index (χ4n) is 4.35. The van der Waals surface area contributed by atoms with Gasteiger partial charge in [0.05, 0.1) is 0 Å². The van der Waals surface area contributed by atoms with Crippen LogP contribution in [-0.4, -0.2) is 23.1 Å². The van der Waals surface area contributed by atoms with Gasteiger partial charge in [0.15, 0.2) is 6.10 Å². The highest BCUT2D eigenvalue weighted by molar-refractivity contribution is 5.77. The molecular formula is C32H58O4. The zero-order chi connectivity index (χ0) is 26.5. The van der Waals surface area contributed by atoms with Gasteiger partial charge in [0.25, 0.3) is 0 Å². The van der Waals surface area contributed by atoms with E-state index >= 15 is 0 Å². The van der Waals surface area contributed by atoms with E-state index in [0.717, 1.165) is 51.4 Å². The van der Waals surface area contributed by atoms with Crippen LogP contribution in [0.3, 0.4) is 0 Å². The van der Waals surface area contributed by atoms with Gasteiger partial charge >= 0.3 is 11.9 Å². The van der Waals surface area contributed by atoms with Crippen molar-refractivity contribution in [3.8, 4) is 0 Å². The molecule has 0 heterocycles. The van der Waals surface area contributed by atoms with Gasteiger partial charge in [-0.05, 0) is 51.4 Å². The quantitative estimate of drug-likeness (QED) is 0.0683. The molecule has 4 nitrogen and oxygen atoms in total. The molecule has 0 aliphatic heterocycles. The lowest BCUT2D eigenvalue weighted by atomic mass is 10.0. The third-order valence-corrected chi connectivity index (χ3v) is 6.70. The number of hydrogen-bond donors (Lipinski definition) is 1. The summed E-state index contributed by atoms with van der Waals surface area (Å²) in [7, 11) is 0. The maximum absolute atomic E-state index is 12.1. The average molecular weight is 507 g/mol. The van der Waals surface area contributed by atoms with E-state index in [2.05, 4.69) is 38.2 Å². The van der Waals surface area contributed by atoms with Crippen LogP contribution in [0.5, 0.6) is 0 Å². The molecule has 1 unspecified atom stereocenters. The van der Waals surface area contributed by atoms with Crippen LogP contribution in [0.15, 0.2) is 24.3 Å². The van der Waals surface area contributed by atoms with Gasteiger partial charge < -0.3 is 9.84 Å². The third-order valence-electron chi connectivity index (χ3n) is 6.70. The Hall–Kier alpha value is -1.58. The van der Waals surface area contributed by atoms with E-state index in [1.807, 2.05) is 0 Å². The molecule has 1 N–H and O–H groups in total. The minimum atomic E-state index is -1.01. The number of carbonyl (C=O) groups excluding carboxylic acids is 1. The highest BCUT2D eigenvalue weighted by Gasteiger charge is 2.21. The Kier molecular flexibility index (Phi) is 26.8. The Bertz CT molecular complexity index is 552. The van der Waals surface area contributed by atoms with E-state index in [1.54, 1.807) is 0 Å². The lowest BCUT2D eigenvalue weighted by Crippen LogP contribution is -2.27. The van der Waals surface area contributed by atoms with E-state index in [9.17, 15) is 14.7 Å². The van der Waals surface area contributed by atoms with Crippen molar-refractivity contribution in [3.05, 3.63) is 24.3 Å². The first-order chi connectivity index (χ1) is 17.6. The molecule has 0 aliphatic carbocycles. The second-order valence-corrected chi connectivity index (χ2v) is 10.3. The SMILES string of the molecule is CCCCC/C=C\C/C=C\CCCCCCCC(=O)OC(CCCCCCCCCCCC)C(=O)O. The van der Waals surface area contributed by atoms with Gasteiger partial charge in [0.2, 0.25) is 0 Å². The molecule has 0 aromatic rings. The lowest BCUT2D eigenvalue weighted by Gasteiger charge is -2.13. The van der Waals surface area contributed by atoms with Crippen molar-refractivity contribution in [1.82, 2.24) is 0 Å². The molecule has 210 valence electrons. The summed E-state index contributed by atoms with van der Waals surface area (Å²) in [5, 5.41) is 9.38. The van der Waals surface area contributed by atoms with Gasteiger partial charge in [-0.2, -0.15) is 0 Å². The van der Waals surface area contributed by atoms with Crippen LogP contribution in [0.1, 0.15) is 162 Å². The summed E-state index contributed by atoms with van der Waals surface area (Å²) < 4.78 is 5.26. The standard InChI is InChI=1S/C32H58O4/c1-3-5-7-9-11-13-15-16-17-18-19-21-23-25-27-29-31(33)36-30(32(34)35)28-26-24-22-20-14-12-10-8-6-4-2/h11,13,16-17,30H,3-10,12,14-15,18-29H2,1-2H3,(H,34,35)/b13-11-,17-16-. The number of esters is 1. The molecule has 0 aromatic heterocycles. The van der Waals surface area contributed by atoms with E-state index in [4.69, 9.17) is 4.74 Å². The first-order valence-corrected chi connectivity index (χ1v) is 15.3. The van der Waals surface area contributed by atoms with Crippen molar-refractivity contribution in [2.24, 2.45) is 0 Å². The molecule has 1 atom stereocenters. The summed E-state index contributed by atoms with van der Waals surface area (Å²) >= 11 is 0. The van der Waals surface area contributed by atoms with Crippen molar-refractivity contribution >= 4 is 11.9 Å². The Morgan fingerprint density at radius 1 is 0.611 bits per heavy atom. The predicted octanol–water partition coefficient (Wildman–Crippen LogP) is 10.1. The minimum Gasteiger partial charge on any atom is -0.479 e. The van der Waals surface area contributed by atoms with Crippen LogP contribution in [0.25, 0.3) is 0 Å². The van der Waals surface area contributed by atoms with Crippen LogP contribution in [-0.2, 0) is 14.3 Å².